The molecule has 0 aromatic heterocycles. The second-order valence-corrected chi connectivity index (χ2v) is 5.81. The molecule has 0 atom stereocenters. The zero-order valence-electron chi connectivity index (χ0n) is 14.5. The standard InChI is InChI=1S/C20H24N2O2/c1-4-17-9-11-18(12-10-17)21-20(24)13-14-22(16(3)23)19-8-6-5-7-15(19)2/h5-12H,4,13-14H2,1-3H3,(H,21,24). The van der Waals surface area contributed by atoms with Crippen molar-refractivity contribution in [2.45, 2.75) is 33.6 Å². The summed E-state index contributed by atoms with van der Waals surface area (Å²) in [6, 6.07) is 15.5. The van der Waals surface area contributed by atoms with Crippen LogP contribution < -0.4 is 10.2 Å². The average Bonchev–Trinajstić information content (AvgIpc) is 2.57. The van der Waals surface area contributed by atoms with E-state index in [0.29, 0.717) is 6.54 Å². The Morgan fingerprint density at radius 2 is 1.71 bits per heavy atom. The predicted molar refractivity (Wildman–Crippen MR) is 98.3 cm³/mol. The SMILES string of the molecule is CCc1ccc(NC(=O)CCN(C(C)=O)c2ccccc2C)cc1. The van der Waals surface area contributed by atoms with Gasteiger partial charge in [0, 0.05) is 31.3 Å². The summed E-state index contributed by atoms with van der Waals surface area (Å²) in [6.45, 7) is 5.93. The van der Waals surface area contributed by atoms with Gasteiger partial charge < -0.3 is 10.2 Å². The molecule has 0 spiro atoms. The lowest BCUT2D eigenvalue weighted by Gasteiger charge is -2.22. The third-order valence-corrected chi connectivity index (χ3v) is 3.99. The van der Waals surface area contributed by atoms with Gasteiger partial charge in [0.05, 0.1) is 0 Å². The van der Waals surface area contributed by atoms with E-state index in [1.54, 1.807) is 4.90 Å². The van der Waals surface area contributed by atoms with Crippen molar-refractivity contribution in [3.05, 3.63) is 59.7 Å². The lowest BCUT2D eigenvalue weighted by molar-refractivity contribution is -0.117. The van der Waals surface area contributed by atoms with Gasteiger partial charge in [-0.15, -0.1) is 0 Å². The molecule has 2 rings (SSSR count). The highest BCUT2D eigenvalue weighted by atomic mass is 16.2. The first kappa shape index (κ1) is 17.7. The van der Waals surface area contributed by atoms with E-state index in [0.717, 1.165) is 23.4 Å². The zero-order chi connectivity index (χ0) is 17.5. The molecule has 1 N–H and O–H groups in total. The Labute approximate surface area is 143 Å². The number of nitrogens with one attached hydrogen (secondary N) is 1. The van der Waals surface area contributed by atoms with Crippen LogP contribution in [0.3, 0.4) is 0 Å². The molecule has 2 aromatic carbocycles. The molecular weight excluding hydrogens is 300 g/mol. The summed E-state index contributed by atoms with van der Waals surface area (Å²) >= 11 is 0. The fraction of sp³-hybridized carbons (Fsp3) is 0.300. The lowest BCUT2D eigenvalue weighted by Crippen LogP contribution is -2.32. The molecule has 0 saturated carbocycles. The van der Waals surface area contributed by atoms with Gasteiger partial charge in [-0.3, -0.25) is 9.59 Å². The van der Waals surface area contributed by atoms with Crippen molar-refractivity contribution < 1.29 is 9.59 Å². The van der Waals surface area contributed by atoms with Gasteiger partial charge in [-0.1, -0.05) is 37.3 Å². The summed E-state index contributed by atoms with van der Waals surface area (Å²) in [5.74, 6) is -0.163. The number of benzene rings is 2. The molecule has 0 unspecified atom stereocenters. The van der Waals surface area contributed by atoms with Crippen LogP contribution >= 0.6 is 0 Å². The van der Waals surface area contributed by atoms with E-state index in [2.05, 4.69) is 12.2 Å². The van der Waals surface area contributed by atoms with Crippen molar-refractivity contribution in [3.63, 3.8) is 0 Å². The van der Waals surface area contributed by atoms with E-state index in [-0.39, 0.29) is 18.2 Å². The zero-order valence-corrected chi connectivity index (χ0v) is 14.5. The van der Waals surface area contributed by atoms with E-state index in [1.807, 2.05) is 55.5 Å². The van der Waals surface area contributed by atoms with Gasteiger partial charge in [0.25, 0.3) is 0 Å². The van der Waals surface area contributed by atoms with E-state index >= 15 is 0 Å². The van der Waals surface area contributed by atoms with Gasteiger partial charge in [0.15, 0.2) is 0 Å². The first-order valence-electron chi connectivity index (χ1n) is 8.23. The average molecular weight is 324 g/mol. The van der Waals surface area contributed by atoms with Crippen molar-refractivity contribution in [1.29, 1.82) is 0 Å². The molecule has 0 bridgehead atoms. The number of para-hydroxylation sites is 1. The maximum Gasteiger partial charge on any atom is 0.226 e. The monoisotopic (exact) mass is 324 g/mol. The number of rotatable bonds is 6. The molecule has 0 radical (unpaired) electrons. The van der Waals surface area contributed by atoms with Crippen molar-refractivity contribution >= 4 is 23.2 Å². The second kappa shape index (κ2) is 8.29. The van der Waals surface area contributed by atoms with E-state index in [1.165, 1.54) is 12.5 Å². The van der Waals surface area contributed by atoms with Crippen molar-refractivity contribution in [1.82, 2.24) is 0 Å². The first-order valence-corrected chi connectivity index (χ1v) is 8.23. The summed E-state index contributed by atoms with van der Waals surface area (Å²) in [7, 11) is 0. The lowest BCUT2D eigenvalue weighted by atomic mass is 10.1. The van der Waals surface area contributed by atoms with Gasteiger partial charge >= 0.3 is 0 Å². The van der Waals surface area contributed by atoms with Crippen molar-refractivity contribution in [2.24, 2.45) is 0 Å². The van der Waals surface area contributed by atoms with Crippen LogP contribution in [0.15, 0.2) is 48.5 Å². The summed E-state index contributed by atoms with van der Waals surface area (Å²) in [4.78, 5) is 25.7. The Kier molecular flexibility index (Phi) is 6.13. The molecule has 0 fully saturated rings. The summed E-state index contributed by atoms with van der Waals surface area (Å²) in [5, 5.41) is 2.88. The highest BCUT2D eigenvalue weighted by molar-refractivity contribution is 5.95. The number of nitrogens with zero attached hydrogens (tertiary/aromatic N) is 1. The van der Waals surface area contributed by atoms with Crippen molar-refractivity contribution in [2.75, 3.05) is 16.8 Å². The Morgan fingerprint density at radius 3 is 2.29 bits per heavy atom. The first-order chi connectivity index (χ1) is 11.5. The Hall–Kier alpha value is -2.62. The second-order valence-electron chi connectivity index (χ2n) is 5.81. The van der Waals surface area contributed by atoms with Crippen LogP contribution in [0.25, 0.3) is 0 Å². The fourth-order valence-electron chi connectivity index (χ4n) is 2.57. The largest absolute Gasteiger partial charge is 0.326 e. The molecule has 0 aliphatic carbocycles. The molecule has 0 saturated heterocycles. The third-order valence-electron chi connectivity index (χ3n) is 3.99. The van der Waals surface area contributed by atoms with E-state index in [9.17, 15) is 9.59 Å². The van der Waals surface area contributed by atoms with Crippen LogP contribution in [0.5, 0.6) is 0 Å². The number of carbonyl (C=O) groups excluding carboxylic acids is 2. The smallest absolute Gasteiger partial charge is 0.226 e. The fourth-order valence-corrected chi connectivity index (χ4v) is 2.57. The molecule has 2 amide bonds. The molecular formula is C20H24N2O2. The highest BCUT2D eigenvalue weighted by Gasteiger charge is 2.15. The van der Waals surface area contributed by atoms with Gasteiger partial charge in [-0.25, -0.2) is 0 Å². The number of carbonyl (C=O) groups is 2. The number of aryl methyl sites for hydroxylation is 2. The Morgan fingerprint density at radius 1 is 1.04 bits per heavy atom. The summed E-state index contributed by atoms with van der Waals surface area (Å²) in [5.41, 5.74) is 3.88. The van der Waals surface area contributed by atoms with Crippen LogP contribution in [-0.2, 0) is 16.0 Å². The Bertz CT molecular complexity index is 708. The number of anilines is 2. The van der Waals surface area contributed by atoms with Crippen LogP contribution in [0, 0.1) is 6.92 Å². The molecule has 4 nitrogen and oxygen atoms in total. The van der Waals surface area contributed by atoms with Crippen LogP contribution in [-0.4, -0.2) is 18.4 Å². The van der Waals surface area contributed by atoms with Gasteiger partial charge in [-0.2, -0.15) is 0 Å². The topological polar surface area (TPSA) is 49.4 Å². The van der Waals surface area contributed by atoms with E-state index < -0.39 is 0 Å². The van der Waals surface area contributed by atoms with Crippen molar-refractivity contribution in [3.8, 4) is 0 Å². The number of amides is 2. The molecule has 126 valence electrons. The quantitative estimate of drug-likeness (QED) is 0.875. The van der Waals surface area contributed by atoms with Crippen LogP contribution in [0.4, 0.5) is 11.4 Å². The number of hydrogen-bond acceptors (Lipinski definition) is 2. The minimum Gasteiger partial charge on any atom is -0.326 e. The molecule has 24 heavy (non-hydrogen) atoms. The summed E-state index contributed by atoms with van der Waals surface area (Å²) < 4.78 is 0. The normalized spacial score (nSPS) is 10.3. The Balaban J connectivity index is 1.97. The summed E-state index contributed by atoms with van der Waals surface area (Å²) in [6.07, 6.45) is 1.22. The molecule has 4 heteroatoms. The molecule has 0 aliphatic heterocycles. The molecule has 0 aliphatic rings. The van der Waals surface area contributed by atoms with Gasteiger partial charge in [0.1, 0.15) is 0 Å². The van der Waals surface area contributed by atoms with Gasteiger partial charge in [-0.05, 0) is 42.7 Å². The molecule has 0 heterocycles. The maximum atomic E-state index is 12.2. The maximum absolute atomic E-state index is 12.2. The van der Waals surface area contributed by atoms with Crippen LogP contribution in [0.2, 0.25) is 0 Å². The van der Waals surface area contributed by atoms with E-state index in [4.69, 9.17) is 0 Å². The highest BCUT2D eigenvalue weighted by Crippen LogP contribution is 2.20. The van der Waals surface area contributed by atoms with Crippen LogP contribution in [0.1, 0.15) is 31.4 Å². The van der Waals surface area contributed by atoms with Gasteiger partial charge in [0.2, 0.25) is 11.8 Å². The third kappa shape index (κ3) is 4.69. The minimum absolute atomic E-state index is 0.0654. The minimum atomic E-state index is -0.0981. The predicted octanol–water partition coefficient (Wildman–Crippen LogP) is 3.94. The molecule has 2 aromatic rings. The number of hydrogen-bond donors (Lipinski definition) is 1.